The highest BCUT2D eigenvalue weighted by Gasteiger charge is 1.99. The lowest BCUT2D eigenvalue weighted by Crippen LogP contribution is -2.25. The van der Waals surface area contributed by atoms with E-state index in [0.717, 1.165) is 6.42 Å². The van der Waals surface area contributed by atoms with Crippen LogP contribution in [0.25, 0.3) is 0 Å². The van der Waals surface area contributed by atoms with Crippen LogP contribution in [0.1, 0.15) is 6.42 Å². The second-order valence-electron chi connectivity index (χ2n) is 2.92. The van der Waals surface area contributed by atoms with Crippen LogP contribution in [0.2, 0.25) is 0 Å². The van der Waals surface area contributed by atoms with Gasteiger partial charge in [0.15, 0.2) is 0 Å². The molecule has 0 bridgehead atoms. The molecule has 0 aromatic heterocycles. The fourth-order valence-electron chi connectivity index (χ4n) is 0.813. The van der Waals surface area contributed by atoms with Gasteiger partial charge in [0.1, 0.15) is 0 Å². The summed E-state index contributed by atoms with van der Waals surface area (Å²) in [5.74, 6) is 0. The summed E-state index contributed by atoms with van der Waals surface area (Å²) in [5, 5.41) is 9.02. The van der Waals surface area contributed by atoms with E-state index in [1.54, 1.807) is 7.11 Å². The van der Waals surface area contributed by atoms with Crippen molar-refractivity contribution in [2.24, 2.45) is 5.73 Å². The van der Waals surface area contributed by atoms with E-state index < -0.39 is 6.10 Å². The Labute approximate surface area is 85.1 Å². The van der Waals surface area contributed by atoms with Crippen LogP contribution in [0.15, 0.2) is 0 Å². The molecule has 0 fully saturated rings. The van der Waals surface area contributed by atoms with Crippen LogP contribution < -0.4 is 5.73 Å². The summed E-state index contributed by atoms with van der Waals surface area (Å²) in [6.45, 7) is 2.93. The lowest BCUT2D eigenvalue weighted by molar-refractivity contribution is 0.00389. The zero-order valence-electron chi connectivity index (χ0n) is 8.78. The van der Waals surface area contributed by atoms with Gasteiger partial charge in [-0.15, -0.1) is 0 Å². The number of hydrogen-bond donors (Lipinski definition) is 2. The maximum atomic E-state index is 9.02. The Morgan fingerprint density at radius 2 is 1.86 bits per heavy atom. The van der Waals surface area contributed by atoms with Gasteiger partial charge in [0.25, 0.3) is 0 Å². The number of methoxy groups -OCH3 is 1. The van der Waals surface area contributed by atoms with Crippen molar-refractivity contribution < 1.29 is 19.3 Å². The normalized spacial score (nSPS) is 13.1. The monoisotopic (exact) mass is 207 g/mol. The van der Waals surface area contributed by atoms with Gasteiger partial charge in [0, 0.05) is 26.9 Å². The van der Waals surface area contributed by atoms with Crippen LogP contribution in [0.3, 0.4) is 0 Å². The van der Waals surface area contributed by atoms with E-state index in [4.69, 9.17) is 25.1 Å². The molecule has 1 atom stereocenters. The molecule has 0 aromatic rings. The van der Waals surface area contributed by atoms with Gasteiger partial charge in [-0.25, -0.2) is 0 Å². The average Bonchev–Trinajstić information content (AvgIpc) is 2.21. The molecular weight excluding hydrogens is 186 g/mol. The molecule has 14 heavy (non-hydrogen) atoms. The van der Waals surface area contributed by atoms with E-state index in [0.29, 0.717) is 26.4 Å². The Balaban J connectivity index is 2.92. The van der Waals surface area contributed by atoms with E-state index in [-0.39, 0.29) is 13.2 Å². The van der Waals surface area contributed by atoms with Gasteiger partial charge in [0.2, 0.25) is 0 Å². The Kier molecular flexibility index (Phi) is 10.7. The third kappa shape index (κ3) is 9.88. The average molecular weight is 207 g/mol. The Morgan fingerprint density at radius 1 is 1.14 bits per heavy atom. The van der Waals surface area contributed by atoms with E-state index in [1.807, 2.05) is 0 Å². The topological polar surface area (TPSA) is 73.9 Å². The molecule has 0 aromatic carbocycles. The quantitative estimate of drug-likeness (QED) is 0.467. The number of hydrogen-bond acceptors (Lipinski definition) is 5. The SMILES string of the molecule is COCCCOCCOCC(O)CN. The van der Waals surface area contributed by atoms with Crippen molar-refractivity contribution in [2.75, 3.05) is 46.7 Å². The molecular formula is C9H21NO4. The number of rotatable bonds is 10. The first-order valence-corrected chi connectivity index (χ1v) is 4.83. The van der Waals surface area contributed by atoms with Crippen molar-refractivity contribution in [2.45, 2.75) is 12.5 Å². The molecule has 3 N–H and O–H groups in total. The maximum absolute atomic E-state index is 9.02. The van der Waals surface area contributed by atoms with Crippen molar-refractivity contribution in [3.8, 4) is 0 Å². The van der Waals surface area contributed by atoms with Gasteiger partial charge in [-0.1, -0.05) is 0 Å². The van der Waals surface area contributed by atoms with Crippen LogP contribution >= 0.6 is 0 Å². The van der Waals surface area contributed by atoms with E-state index >= 15 is 0 Å². The minimum absolute atomic E-state index is 0.231. The predicted molar refractivity (Wildman–Crippen MR) is 53.2 cm³/mol. The summed E-state index contributed by atoms with van der Waals surface area (Å²) in [7, 11) is 1.66. The van der Waals surface area contributed by atoms with Crippen molar-refractivity contribution in [3.05, 3.63) is 0 Å². The third-order valence-electron chi connectivity index (χ3n) is 1.59. The predicted octanol–water partition coefficient (Wildman–Crippen LogP) is -0.624. The van der Waals surface area contributed by atoms with Crippen molar-refractivity contribution >= 4 is 0 Å². The fourth-order valence-corrected chi connectivity index (χ4v) is 0.813. The van der Waals surface area contributed by atoms with Gasteiger partial charge < -0.3 is 25.1 Å². The van der Waals surface area contributed by atoms with Crippen LogP contribution in [-0.4, -0.2) is 57.9 Å². The van der Waals surface area contributed by atoms with Gasteiger partial charge >= 0.3 is 0 Å². The highest BCUT2D eigenvalue weighted by atomic mass is 16.5. The Bertz CT molecular complexity index is 113. The standard InChI is InChI=1S/C9H21NO4/c1-12-3-2-4-13-5-6-14-8-9(11)7-10/h9,11H,2-8,10H2,1H3. The number of nitrogens with two attached hydrogens (primary N) is 1. The van der Waals surface area contributed by atoms with Crippen LogP contribution in [0, 0.1) is 0 Å². The molecule has 0 spiro atoms. The zero-order valence-corrected chi connectivity index (χ0v) is 8.78. The minimum atomic E-state index is -0.566. The van der Waals surface area contributed by atoms with Gasteiger partial charge in [-0.2, -0.15) is 0 Å². The van der Waals surface area contributed by atoms with Gasteiger partial charge in [0.05, 0.1) is 25.9 Å². The second-order valence-corrected chi connectivity index (χ2v) is 2.92. The molecule has 0 radical (unpaired) electrons. The lowest BCUT2D eigenvalue weighted by atomic mass is 10.4. The van der Waals surface area contributed by atoms with E-state index in [2.05, 4.69) is 0 Å². The smallest absolute Gasteiger partial charge is 0.0895 e. The first kappa shape index (κ1) is 13.8. The third-order valence-corrected chi connectivity index (χ3v) is 1.59. The molecule has 0 rings (SSSR count). The second kappa shape index (κ2) is 10.9. The zero-order chi connectivity index (χ0) is 10.6. The number of aliphatic hydroxyl groups is 1. The summed E-state index contributed by atoms with van der Waals surface area (Å²) < 4.78 is 15.2. The summed E-state index contributed by atoms with van der Waals surface area (Å²) in [4.78, 5) is 0. The van der Waals surface area contributed by atoms with Crippen molar-refractivity contribution in [3.63, 3.8) is 0 Å². The molecule has 1 unspecified atom stereocenters. The molecule has 0 amide bonds. The van der Waals surface area contributed by atoms with Gasteiger partial charge in [-0.05, 0) is 6.42 Å². The molecule has 0 aliphatic carbocycles. The number of aliphatic hydroxyl groups excluding tert-OH is 1. The summed E-state index contributed by atoms with van der Waals surface area (Å²) in [6.07, 6.45) is 0.325. The van der Waals surface area contributed by atoms with Crippen LogP contribution in [0.5, 0.6) is 0 Å². The summed E-state index contributed by atoms with van der Waals surface area (Å²) in [5.41, 5.74) is 5.19. The highest BCUT2D eigenvalue weighted by Crippen LogP contribution is 1.86. The molecule has 0 heterocycles. The fraction of sp³-hybridized carbons (Fsp3) is 1.00. The molecule has 0 aliphatic heterocycles. The minimum Gasteiger partial charge on any atom is -0.389 e. The summed E-state index contributed by atoms with van der Waals surface area (Å²) in [6, 6.07) is 0. The Hall–Kier alpha value is -0.200. The molecule has 0 aliphatic rings. The van der Waals surface area contributed by atoms with E-state index in [9.17, 15) is 0 Å². The Morgan fingerprint density at radius 3 is 2.50 bits per heavy atom. The van der Waals surface area contributed by atoms with Crippen LogP contribution in [0.4, 0.5) is 0 Å². The molecule has 5 nitrogen and oxygen atoms in total. The maximum Gasteiger partial charge on any atom is 0.0895 e. The van der Waals surface area contributed by atoms with Crippen LogP contribution in [-0.2, 0) is 14.2 Å². The molecule has 86 valence electrons. The molecule has 0 saturated carbocycles. The van der Waals surface area contributed by atoms with Crippen molar-refractivity contribution in [1.29, 1.82) is 0 Å². The first-order chi connectivity index (χ1) is 6.81. The largest absolute Gasteiger partial charge is 0.389 e. The molecule has 5 heteroatoms. The lowest BCUT2D eigenvalue weighted by Gasteiger charge is -2.08. The van der Waals surface area contributed by atoms with Crippen molar-refractivity contribution in [1.82, 2.24) is 0 Å². The highest BCUT2D eigenvalue weighted by molar-refractivity contribution is 4.51. The summed E-state index contributed by atoms with van der Waals surface area (Å²) >= 11 is 0. The first-order valence-electron chi connectivity index (χ1n) is 4.83. The van der Waals surface area contributed by atoms with Gasteiger partial charge in [-0.3, -0.25) is 0 Å². The van der Waals surface area contributed by atoms with E-state index in [1.165, 1.54) is 0 Å². The molecule has 0 saturated heterocycles. The number of ether oxygens (including phenoxy) is 3.